The predicted octanol–water partition coefficient (Wildman–Crippen LogP) is 2.70. The van der Waals surface area contributed by atoms with Gasteiger partial charge in [0.15, 0.2) is 5.65 Å². The predicted molar refractivity (Wildman–Crippen MR) is 120 cm³/mol. The second-order valence-electron chi connectivity index (χ2n) is 8.40. The molecular formula is C23H22FN7O. The molecule has 2 aliphatic rings. The standard InChI is InChI=1S/C23H22FN7O/c24-15-1-3-19-13(10-15)9-14(11-27-19)18-12-28-31-21(25)17-2-4-20(32)30(22(17)29-23(18)31)16-5-7-26-8-6-16/h1,3,9-12,16,26H,2,4-8,25H2. The molecule has 2 aliphatic heterocycles. The van der Waals surface area contributed by atoms with Crippen molar-refractivity contribution < 1.29 is 9.18 Å². The fourth-order valence-electron chi connectivity index (χ4n) is 4.84. The molecule has 0 aliphatic carbocycles. The summed E-state index contributed by atoms with van der Waals surface area (Å²) in [6.07, 6.45) is 6.15. The zero-order valence-corrected chi connectivity index (χ0v) is 17.4. The number of piperidine rings is 1. The second kappa shape index (κ2) is 7.23. The van der Waals surface area contributed by atoms with E-state index in [1.54, 1.807) is 23.0 Å². The Balaban J connectivity index is 1.53. The number of rotatable bonds is 2. The monoisotopic (exact) mass is 431 g/mol. The van der Waals surface area contributed by atoms with E-state index in [1.165, 1.54) is 12.1 Å². The number of pyridine rings is 1. The summed E-state index contributed by atoms with van der Waals surface area (Å²) in [5, 5.41) is 8.51. The highest BCUT2D eigenvalue weighted by Gasteiger charge is 2.34. The Kier molecular flexibility index (Phi) is 4.32. The molecule has 9 heteroatoms. The topological polar surface area (TPSA) is 101 Å². The van der Waals surface area contributed by atoms with Crippen LogP contribution in [0.5, 0.6) is 0 Å². The Morgan fingerprint density at radius 3 is 2.81 bits per heavy atom. The van der Waals surface area contributed by atoms with Crippen molar-refractivity contribution >= 4 is 34.1 Å². The van der Waals surface area contributed by atoms with E-state index >= 15 is 0 Å². The Bertz CT molecular complexity index is 1380. The minimum atomic E-state index is -0.316. The van der Waals surface area contributed by atoms with Crippen LogP contribution in [0.25, 0.3) is 27.7 Å². The van der Waals surface area contributed by atoms with Crippen molar-refractivity contribution in [3.05, 3.63) is 48.0 Å². The van der Waals surface area contributed by atoms with E-state index in [0.717, 1.165) is 42.6 Å². The number of amides is 1. The summed E-state index contributed by atoms with van der Waals surface area (Å²) in [4.78, 5) is 24.2. The number of anilines is 2. The number of carbonyl (C=O) groups excluding carboxylic acids is 1. The molecule has 0 saturated carbocycles. The van der Waals surface area contributed by atoms with E-state index in [-0.39, 0.29) is 17.8 Å². The fourth-order valence-corrected chi connectivity index (χ4v) is 4.84. The number of hydrogen-bond donors (Lipinski definition) is 2. The van der Waals surface area contributed by atoms with Gasteiger partial charge in [-0.15, -0.1) is 0 Å². The molecule has 1 aromatic carbocycles. The number of nitrogens with one attached hydrogen (secondary N) is 1. The quantitative estimate of drug-likeness (QED) is 0.506. The minimum absolute atomic E-state index is 0.0876. The van der Waals surface area contributed by atoms with Crippen LogP contribution in [0.4, 0.5) is 16.0 Å². The van der Waals surface area contributed by atoms with E-state index in [4.69, 9.17) is 10.7 Å². The molecule has 4 aromatic rings. The van der Waals surface area contributed by atoms with Crippen LogP contribution in [0, 0.1) is 5.82 Å². The van der Waals surface area contributed by atoms with Gasteiger partial charge in [0, 0.05) is 40.7 Å². The first-order chi connectivity index (χ1) is 15.6. The molecule has 0 unspecified atom stereocenters. The van der Waals surface area contributed by atoms with Crippen molar-refractivity contribution in [3.8, 4) is 11.1 Å². The Morgan fingerprint density at radius 2 is 1.97 bits per heavy atom. The summed E-state index contributed by atoms with van der Waals surface area (Å²) >= 11 is 0. The zero-order valence-electron chi connectivity index (χ0n) is 17.4. The third-order valence-electron chi connectivity index (χ3n) is 6.48. The highest BCUT2D eigenvalue weighted by atomic mass is 19.1. The molecule has 3 N–H and O–H groups in total. The maximum absolute atomic E-state index is 13.7. The lowest BCUT2D eigenvalue weighted by Gasteiger charge is -2.37. The number of nitrogens with zero attached hydrogens (tertiary/aromatic N) is 5. The van der Waals surface area contributed by atoms with Crippen molar-refractivity contribution in [2.75, 3.05) is 23.7 Å². The highest BCUT2D eigenvalue weighted by Crippen LogP contribution is 2.36. The lowest BCUT2D eigenvalue weighted by Crippen LogP contribution is -2.48. The molecule has 0 bridgehead atoms. The zero-order chi connectivity index (χ0) is 21.8. The first-order valence-electron chi connectivity index (χ1n) is 10.8. The van der Waals surface area contributed by atoms with Crippen molar-refractivity contribution in [2.24, 2.45) is 0 Å². The van der Waals surface area contributed by atoms with Crippen LogP contribution < -0.4 is 16.0 Å². The van der Waals surface area contributed by atoms with Crippen LogP contribution in [0.1, 0.15) is 24.8 Å². The summed E-state index contributed by atoms with van der Waals surface area (Å²) in [5.41, 5.74) is 10.2. The maximum atomic E-state index is 13.7. The van der Waals surface area contributed by atoms with Gasteiger partial charge in [-0.2, -0.15) is 9.61 Å². The number of halogens is 1. The van der Waals surface area contributed by atoms with Crippen LogP contribution in [0.3, 0.4) is 0 Å². The Morgan fingerprint density at radius 1 is 1.12 bits per heavy atom. The van der Waals surface area contributed by atoms with Gasteiger partial charge in [-0.3, -0.25) is 14.7 Å². The highest BCUT2D eigenvalue weighted by molar-refractivity contribution is 5.98. The molecule has 6 rings (SSSR count). The molecular weight excluding hydrogens is 409 g/mol. The molecule has 1 fully saturated rings. The summed E-state index contributed by atoms with van der Waals surface area (Å²) in [6, 6.07) is 6.48. The molecule has 32 heavy (non-hydrogen) atoms. The van der Waals surface area contributed by atoms with Crippen molar-refractivity contribution in [2.45, 2.75) is 31.7 Å². The van der Waals surface area contributed by atoms with Gasteiger partial charge >= 0.3 is 0 Å². The van der Waals surface area contributed by atoms with Crippen LogP contribution in [0.2, 0.25) is 0 Å². The normalized spacial score (nSPS) is 17.3. The lowest BCUT2D eigenvalue weighted by molar-refractivity contribution is -0.119. The fraction of sp³-hybridized carbons (Fsp3) is 0.304. The molecule has 0 atom stereocenters. The van der Waals surface area contributed by atoms with Gasteiger partial charge in [-0.25, -0.2) is 9.37 Å². The minimum Gasteiger partial charge on any atom is -0.383 e. The van der Waals surface area contributed by atoms with Gasteiger partial charge in [0.2, 0.25) is 5.91 Å². The number of carbonyl (C=O) groups is 1. The smallest absolute Gasteiger partial charge is 0.228 e. The van der Waals surface area contributed by atoms with E-state index in [9.17, 15) is 9.18 Å². The van der Waals surface area contributed by atoms with Crippen molar-refractivity contribution in [3.63, 3.8) is 0 Å². The number of fused-ring (bicyclic) bond motifs is 3. The molecule has 162 valence electrons. The van der Waals surface area contributed by atoms with Crippen LogP contribution in [-0.4, -0.2) is 44.6 Å². The van der Waals surface area contributed by atoms with Gasteiger partial charge in [0.05, 0.1) is 11.7 Å². The van der Waals surface area contributed by atoms with Gasteiger partial charge in [-0.1, -0.05) is 0 Å². The van der Waals surface area contributed by atoms with Gasteiger partial charge in [0.25, 0.3) is 0 Å². The third-order valence-corrected chi connectivity index (χ3v) is 6.48. The Labute approximate surface area is 183 Å². The summed E-state index contributed by atoms with van der Waals surface area (Å²) < 4.78 is 15.4. The van der Waals surface area contributed by atoms with E-state index in [0.29, 0.717) is 41.0 Å². The van der Waals surface area contributed by atoms with Gasteiger partial charge in [0.1, 0.15) is 17.5 Å². The maximum Gasteiger partial charge on any atom is 0.228 e. The number of benzene rings is 1. The first-order valence-corrected chi connectivity index (χ1v) is 10.8. The van der Waals surface area contributed by atoms with Gasteiger partial charge in [-0.05, 0) is 56.6 Å². The molecule has 8 nitrogen and oxygen atoms in total. The van der Waals surface area contributed by atoms with Crippen LogP contribution in [-0.2, 0) is 11.2 Å². The first kappa shape index (κ1) is 19.1. The van der Waals surface area contributed by atoms with Crippen molar-refractivity contribution in [1.29, 1.82) is 0 Å². The lowest BCUT2D eigenvalue weighted by atomic mass is 9.98. The molecule has 3 aromatic heterocycles. The molecule has 5 heterocycles. The molecule has 1 amide bonds. The number of nitrogen functional groups attached to an aromatic ring is 1. The number of hydrogen-bond acceptors (Lipinski definition) is 6. The van der Waals surface area contributed by atoms with E-state index < -0.39 is 0 Å². The summed E-state index contributed by atoms with van der Waals surface area (Å²) in [6.45, 7) is 1.75. The van der Waals surface area contributed by atoms with Crippen LogP contribution >= 0.6 is 0 Å². The largest absolute Gasteiger partial charge is 0.383 e. The summed E-state index contributed by atoms with van der Waals surface area (Å²) in [5.74, 6) is 0.913. The average molecular weight is 431 g/mol. The van der Waals surface area contributed by atoms with Crippen molar-refractivity contribution in [1.82, 2.24) is 24.9 Å². The Hall–Kier alpha value is -3.59. The van der Waals surface area contributed by atoms with E-state index in [2.05, 4.69) is 15.4 Å². The van der Waals surface area contributed by atoms with Crippen LogP contribution in [0.15, 0.2) is 36.7 Å². The third kappa shape index (κ3) is 2.92. The molecule has 0 radical (unpaired) electrons. The van der Waals surface area contributed by atoms with E-state index in [1.807, 2.05) is 11.0 Å². The second-order valence-corrected chi connectivity index (χ2v) is 8.40. The SMILES string of the molecule is Nc1c2c(nc3c(-c4cnc5ccc(F)cc5c4)cnn13)N(C1CCNCC1)C(=O)CC2. The van der Waals surface area contributed by atoms with Gasteiger partial charge < -0.3 is 11.1 Å². The number of aromatic nitrogens is 4. The molecule has 1 saturated heterocycles. The summed E-state index contributed by atoms with van der Waals surface area (Å²) in [7, 11) is 0. The number of nitrogens with two attached hydrogens (primary N) is 1. The average Bonchev–Trinajstić information content (AvgIpc) is 3.23. The molecule has 0 spiro atoms.